The number of carboxylic acid groups (broad SMARTS) is 1. The van der Waals surface area contributed by atoms with Crippen molar-refractivity contribution in [2.45, 2.75) is 12.1 Å². The van der Waals surface area contributed by atoms with E-state index in [1.807, 2.05) is 12.1 Å². The third-order valence-electron chi connectivity index (χ3n) is 3.02. The van der Waals surface area contributed by atoms with E-state index in [-0.39, 0.29) is 4.91 Å². The Morgan fingerprint density at radius 1 is 1.29 bits per heavy atom. The minimum absolute atomic E-state index is 0.0611. The van der Waals surface area contributed by atoms with Crippen LogP contribution in [0, 0.1) is 6.92 Å². The smallest absolute Gasteiger partial charge is 0.342 e. The molecule has 2 heterocycles. The van der Waals surface area contributed by atoms with E-state index < -0.39 is 5.97 Å². The summed E-state index contributed by atoms with van der Waals surface area (Å²) in [6.45, 7) is 1.74. The maximum atomic E-state index is 11.4. The molecule has 122 valence electrons. The van der Waals surface area contributed by atoms with Crippen LogP contribution in [0.25, 0.3) is 17.4 Å². The molecule has 0 saturated carbocycles. The number of nitrogens with zero attached hydrogens (tertiary/aromatic N) is 2. The number of rotatable bonds is 5. The van der Waals surface area contributed by atoms with Gasteiger partial charge in [0.2, 0.25) is 5.16 Å². The molecule has 24 heavy (non-hydrogen) atoms. The largest absolute Gasteiger partial charge is 0.477 e. The summed E-state index contributed by atoms with van der Waals surface area (Å²) >= 11 is 6.81. The number of benzene rings is 1. The van der Waals surface area contributed by atoms with E-state index in [2.05, 4.69) is 15.2 Å². The van der Waals surface area contributed by atoms with E-state index in [0.717, 1.165) is 17.3 Å². The first-order chi connectivity index (χ1) is 11.5. The molecule has 6 nitrogen and oxygen atoms in total. The second kappa shape index (κ2) is 6.94. The molecule has 0 bridgehead atoms. The zero-order valence-electron chi connectivity index (χ0n) is 12.5. The molecule has 3 aromatic rings. The van der Waals surface area contributed by atoms with E-state index in [1.165, 1.54) is 6.08 Å². The molecular weight excluding hydrogens is 350 g/mol. The van der Waals surface area contributed by atoms with Gasteiger partial charge in [0.15, 0.2) is 0 Å². The van der Waals surface area contributed by atoms with Crippen molar-refractivity contribution in [3.05, 3.63) is 57.9 Å². The van der Waals surface area contributed by atoms with E-state index in [9.17, 15) is 9.90 Å². The fourth-order valence-corrected chi connectivity index (χ4v) is 2.79. The quantitative estimate of drug-likeness (QED) is 0.521. The number of nitrogens with one attached hydrogen (secondary N) is 1. The molecule has 0 fully saturated rings. The van der Waals surface area contributed by atoms with Gasteiger partial charge >= 0.3 is 5.97 Å². The van der Waals surface area contributed by atoms with Crippen LogP contribution >= 0.6 is 23.4 Å². The van der Waals surface area contributed by atoms with Gasteiger partial charge in [-0.3, -0.25) is 5.10 Å². The van der Waals surface area contributed by atoms with Gasteiger partial charge in [0.1, 0.15) is 22.3 Å². The van der Waals surface area contributed by atoms with Crippen LogP contribution in [-0.2, 0) is 4.79 Å². The molecule has 8 heteroatoms. The van der Waals surface area contributed by atoms with Crippen LogP contribution in [0.4, 0.5) is 0 Å². The monoisotopic (exact) mass is 361 g/mol. The van der Waals surface area contributed by atoms with E-state index in [0.29, 0.717) is 27.5 Å². The van der Waals surface area contributed by atoms with Crippen molar-refractivity contribution in [1.82, 2.24) is 15.2 Å². The molecule has 3 rings (SSSR count). The Bertz CT molecular complexity index is 899. The number of aliphatic carboxylic acids is 1. The van der Waals surface area contributed by atoms with Crippen molar-refractivity contribution in [2.24, 2.45) is 0 Å². The topological polar surface area (TPSA) is 92.0 Å². The van der Waals surface area contributed by atoms with E-state index in [1.54, 1.807) is 31.2 Å². The number of carboxylic acids is 1. The molecule has 0 amide bonds. The van der Waals surface area contributed by atoms with Crippen molar-refractivity contribution in [3.63, 3.8) is 0 Å². The summed E-state index contributed by atoms with van der Waals surface area (Å²) in [5.74, 6) is 0.593. The zero-order valence-corrected chi connectivity index (χ0v) is 14.1. The van der Waals surface area contributed by atoms with Crippen molar-refractivity contribution >= 4 is 35.4 Å². The van der Waals surface area contributed by atoms with Crippen LogP contribution in [0.3, 0.4) is 0 Å². The summed E-state index contributed by atoms with van der Waals surface area (Å²) in [4.78, 5) is 15.6. The van der Waals surface area contributed by atoms with Crippen molar-refractivity contribution in [3.8, 4) is 11.3 Å². The Morgan fingerprint density at radius 2 is 2.04 bits per heavy atom. The summed E-state index contributed by atoms with van der Waals surface area (Å²) in [5, 5.41) is 16.9. The highest BCUT2D eigenvalue weighted by Gasteiger charge is 2.14. The molecule has 0 spiro atoms. The van der Waals surface area contributed by atoms with Crippen molar-refractivity contribution < 1.29 is 14.3 Å². The molecule has 0 aliphatic carbocycles. The molecule has 0 saturated heterocycles. The number of aryl methyl sites for hydroxylation is 1. The zero-order chi connectivity index (χ0) is 17.1. The number of halogens is 1. The Labute approximate surface area is 146 Å². The van der Waals surface area contributed by atoms with Gasteiger partial charge in [-0.15, -0.1) is 5.10 Å². The van der Waals surface area contributed by atoms with Gasteiger partial charge in [0, 0.05) is 16.7 Å². The van der Waals surface area contributed by atoms with Gasteiger partial charge < -0.3 is 9.52 Å². The number of carbonyl (C=O) groups is 1. The van der Waals surface area contributed by atoms with Crippen LogP contribution in [0.5, 0.6) is 0 Å². The van der Waals surface area contributed by atoms with Crippen molar-refractivity contribution in [2.75, 3.05) is 0 Å². The maximum absolute atomic E-state index is 11.4. The lowest BCUT2D eigenvalue weighted by Crippen LogP contribution is -1.97. The Hall–Kier alpha value is -2.51. The fourth-order valence-electron chi connectivity index (χ4n) is 1.93. The summed E-state index contributed by atoms with van der Waals surface area (Å²) in [6.07, 6.45) is 1.44. The number of furan rings is 1. The fraction of sp³-hybridized carbons (Fsp3) is 0.0625. The van der Waals surface area contributed by atoms with E-state index in [4.69, 9.17) is 16.0 Å². The second-order valence-electron chi connectivity index (χ2n) is 4.83. The first-order valence-corrected chi connectivity index (χ1v) is 8.08. The summed E-state index contributed by atoms with van der Waals surface area (Å²) in [6, 6.07) is 10.7. The lowest BCUT2D eigenvalue weighted by molar-refractivity contribution is -0.131. The Morgan fingerprint density at radius 3 is 2.67 bits per heavy atom. The molecule has 1 aromatic carbocycles. The first-order valence-electron chi connectivity index (χ1n) is 6.89. The molecule has 2 aromatic heterocycles. The van der Waals surface area contributed by atoms with Gasteiger partial charge in [-0.25, -0.2) is 9.78 Å². The van der Waals surface area contributed by atoms with Crippen LogP contribution in [0.2, 0.25) is 5.02 Å². The van der Waals surface area contributed by atoms with Gasteiger partial charge in [-0.1, -0.05) is 11.6 Å². The number of aromatic amines is 1. The number of hydrogen-bond donors (Lipinski definition) is 2. The molecule has 0 radical (unpaired) electrons. The lowest BCUT2D eigenvalue weighted by Gasteiger charge is -1.98. The minimum atomic E-state index is -1.08. The third kappa shape index (κ3) is 3.87. The average molecular weight is 362 g/mol. The summed E-state index contributed by atoms with van der Waals surface area (Å²) in [5.41, 5.74) is 0.855. The molecule has 0 unspecified atom stereocenters. The van der Waals surface area contributed by atoms with Crippen molar-refractivity contribution in [1.29, 1.82) is 0 Å². The van der Waals surface area contributed by atoms with Gasteiger partial charge in [-0.05, 0) is 55.1 Å². The highest BCUT2D eigenvalue weighted by Crippen LogP contribution is 2.29. The van der Waals surface area contributed by atoms with E-state index >= 15 is 0 Å². The number of H-pyrrole nitrogens is 1. The molecule has 2 N–H and O–H groups in total. The molecule has 0 aliphatic heterocycles. The maximum Gasteiger partial charge on any atom is 0.342 e. The summed E-state index contributed by atoms with van der Waals surface area (Å²) < 4.78 is 5.69. The van der Waals surface area contributed by atoms with Crippen LogP contribution < -0.4 is 0 Å². The molecule has 0 aliphatic rings. The van der Waals surface area contributed by atoms with Crippen LogP contribution in [-0.4, -0.2) is 26.3 Å². The lowest BCUT2D eigenvalue weighted by atomic mass is 10.2. The second-order valence-corrected chi connectivity index (χ2v) is 6.27. The number of hydrogen-bond acceptors (Lipinski definition) is 5. The van der Waals surface area contributed by atoms with Crippen LogP contribution in [0.15, 0.2) is 50.9 Å². The van der Waals surface area contributed by atoms with Gasteiger partial charge in [-0.2, -0.15) is 0 Å². The summed E-state index contributed by atoms with van der Waals surface area (Å²) in [7, 11) is 0. The molecular formula is C16H12ClN3O3S. The predicted molar refractivity (Wildman–Crippen MR) is 91.7 cm³/mol. The average Bonchev–Trinajstić information content (AvgIpc) is 3.17. The highest BCUT2D eigenvalue weighted by atomic mass is 35.5. The Kier molecular flexibility index (Phi) is 4.73. The number of aromatic nitrogens is 3. The molecule has 0 atom stereocenters. The van der Waals surface area contributed by atoms with Crippen LogP contribution in [0.1, 0.15) is 11.6 Å². The first kappa shape index (κ1) is 16.4. The minimum Gasteiger partial charge on any atom is -0.477 e. The normalized spacial score (nSPS) is 11.7. The highest BCUT2D eigenvalue weighted by molar-refractivity contribution is 8.04. The third-order valence-corrected chi connectivity index (χ3v) is 4.15. The number of thioether (sulfide) groups is 1. The standard InChI is InChI=1S/C16H12ClN3O3S/c1-9-18-16(20-19-9)24-14(15(21)22)8-12-6-7-13(23-12)10-2-4-11(17)5-3-10/h2-8H,1H3,(H,21,22)(H,18,19,20)/b14-8+. The predicted octanol–water partition coefficient (Wildman–Crippen LogP) is 4.24. The Balaban J connectivity index is 1.85. The van der Waals surface area contributed by atoms with Gasteiger partial charge in [0.25, 0.3) is 0 Å². The van der Waals surface area contributed by atoms with Gasteiger partial charge in [0.05, 0.1) is 0 Å². The SMILES string of the molecule is Cc1nc(S/C(=C/c2ccc(-c3ccc(Cl)cc3)o2)C(=O)O)n[nH]1.